The maximum atomic E-state index is 4.02. The normalized spacial score (nSPS) is 23.6. The van der Waals surface area contributed by atoms with Gasteiger partial charge in [0.25, 0.3) is 0 Å². The van der Waals surface area contributed by atoms with Crippen molar-refractivity contribution in [3.05, 3.63) is 24.3 Å². The zero-order valence-corrected chi connectivity index (χ0v) is 8.48. The van der Waals surface area contributed by atoms with Gasteiger partial charge in [-0.25, -0.2) is 9.97 Å². The van der Waals surface area contributed by atoms with E-state index in [0.29, 0.717) is 6.04 Å². The van der Waals surface area contributed by atoms with Crippen molar-refractivity contribution in [2.45, 2.75) is 19.5 Å². The van der Waals surface area contributed by atoms with E-state index in [0.717, 1.165) is 26.2 Å². The smallest absolute Gasteiger partial charge is 0.115 e. The Bertz CT molecular complexity index is 275. The molecule has 1 fully saturated rings. The van der Waals surface area contributed by atoms with Crippen molar-refractivity contribution in [2.24, 2.45) is 0 Å². The lowest BCUT2D eigenvalue weighted by molar-refractivity contribution is 0.165. The molecule has 76 valence electrons. The Morgan fingerprint density at radius 3 is 3.00 bits per heavy atom. The fourth-order valence-corrected chi connectivity index (χ4v) is 1.76. The van der Waals surface area contributed by atoms with E-state index in [1.165, 1.54) is 5.56 Å². The van der Waals surface area contributed by atoms with Crippen LogP contribution in [0.2, 0.25) is 0 Å². The molecule has 0 unspecified atom stereocenters. The van der Waals surface area contributed by atoms with Crippen molar-refractivity contribution in [1.82, 2.24) is 20.2 Å². The molecule has 2 rings (SSSR count). The predicted molar refractivity (Wildman–Crippen MR) is 54.8 cm³/mol. The molecule has 1 aromatic heterocycles. The van der Waals surface area contributed by atoms with Gasteiger partial charge in [-0.05, 0) is 6.92 Å². The lowest BCUT2D eigenvalue weighted by atomic mass is 10.2. The van der Waals surface area contributed by atoms with Crippen LogP contribution < -0.4 is 5.32 Å². The lowest BCUT2D eigenvalue weighted by Crippen LogP contribution is -2.49. The van der Waals surface area contributed by atoms with Crippen molar-refractivity contribution in [3.8, 4) is 0 Å². The average molecular weight is 192 g/mol. The zero-order valence-electron chi connectivity index (χ0n) is 8.48. The molecule has 0 saturated carbocycles. The van der Waals surface area contributed by atoms with Gasteiger partial charge in [0.1, 0.15) is 6.33 Å². The highest BCUT2D eigenvalue weighted by atomic mass is 15.2. The summed E-state index contributed by atoms with van der Waals surface area (Å²) in [5.41, 5.74) is 1.20. The number of nitrogens with zero attached hydrogens (tertiary/aromatic N) is 3. The van der Waals surface area contributed by atoms with Crippen molar-refractivity contribution in [2.75, 3.05) is 19.6 Å². The van der Waals surface area contributed by atoms with Crippen LogP contribution in [-0.2, 0) is 6.54 Å². The van der Waals surface area contributed by atoms with Crippen molar-refractivity contribution in [1.29, 1.82) is 0 Å². The Hall–Kier alpha value is -1.00. The Labute approximate surface area is 84.4 Å². The zero-order chi connectivity index (χ0) is 9.80. The van der Waals surface area contributed by atoms with Gasteiger partial charge in [0.15, 0.2) is 0 Å². The molecular weight excluding hydrogens is 176 g/mol. The molecule has 14 heavy (non-hydrogen) atoms. The van der Waals surface area contributed by atoms with Crippen LogP contribution in [-0.4, -0.2) is 40.5 Å². The first-order chi connectivity index (χ1) is 6.86. The van der Waals surface area contributed by atoms with Crippen LogP contribution >= 0.6 is 0 Å². The van der Waals surface area contributed by atoms with Crippen LogP contribution in [0.4, 0.5) is 0 Å². The molecular formula is C10H16N4. The van der Waals surface area contributed by atoms with E-state index < -0.39 is 0 Å². The minimum Gasteiger partial charge on any atom is -0.314 e. The number of rotatable bonds is 2. The summed E-state index contributed by atoms with van der Waals surface area (Å²) in [7, 11) is 0. The summed E-state index contributed by atoms with van der Waals surface area (Å²) in [5.74, 6) is 0. The third kappa shape index (κ3) is 2.27. The molecule has 0 bridgehead atoms. The van der Waals surface area contributed by atoms with Gasteiger partial charge >= 0.3 is 0 Å². The van der Waals surface area contributed by atoms with Gasteiger partial charge in [-0.1, -0.05) is 0 Å². The first-order valence-electron chi connectivity index (χ1n) is 5.05. The molecule has 4 heteroatoms. The summed E-state index contributed by atoms with van der Waals surface area (Å²) in [6.45, 7) is 6.47. The maximum absolute atomic E-state index is 4.02. The van der Waals surface area contributed by atoms with Crippen LogP contribution in [0.1, 0.15) is 12.5 Å². The van der Waals surface area contributed by atoms with Gasteiger partial charge in [-0.15, -0.1) is 0 Å². The Morgan fingerprint density at radius 2 is 2.29 bits per heavy atom. The molecule has 1 aromatic rings. The second-order valence-corrected chi connectivity index (χ2v) is 3.77. The summed E-state index contributed by atoms with van der Waals surface area (Å²) in [4.78, 5) is 10.5. The summed E-state index contributed by atoms with van der Waals surface area (Å²) < 4.78 is 0. The third-order valence-electron chi connectivity index (χ3n) is 2.64. The molecule has 2 heterocycles. The highest BCUT2D eigenvalue weighted by Crippen LogP contribution is 2.07. The Kier molecular flexibility index (Phi) is 3.06. The number of aromatic nitrogens is 2. The van der Waals surface area contributed by atoms with Gasteiger partial charge in [-0.3, -0.25) is 4.90 Å². The first kappa shape index (κ1) is 9.55. The maximum Gasteiger partial charge on any atom is 0.115 e. The molecule has 1 aliphatic rings. The fraction of sp³-hybridized carbons (Fsp3) is 0.600. The van der Waals surface area contributed by atoms with Gasteiger partial charge < -0.3 is 5.32 Å². The number of piperazine rings is 1. The van der Waals surface area contributed by atoms with E-state index in [1.54, 1.807) is 6.33 Å². The SMILES string of the molecule is C[C@@H]1CNCCN1Cc1cncnc1. The lowest BCUT2D eigenvalue weighted by Gasteiger charge is -2.33. The van der Waals surface area contributed by atoms with Crippen molar-refractivity contribution in [3.63, 3.8) is 0 Å². The predicted octanol–water partition coefficient (Wildman–Crippen LogP) is 0.270. The van der Waals surface area contributed by atoms with E-state index in [-0.39, 0.29) is 0 Å². The standard InChI is InChI=1S/C10H16N4/c1-9-4-11-2-3-14(9)7-10-5-12-8-13-6-10/h5-6,8-9,11H,2-4,7H2,1H3/t9-/m1/s1. The summed E-state index contributed by atoms with van der Waals surface area (Å²) >= 11 is 0. The highest BCUT2D eigenvalue weighted by molar-refractivity contribution is 5.02. The minimum atomic E-state index is 0.601. The van der Waals surface area contributed by atoms with Gasteiger partial charge in [0.2, 0.25) is 0 Å². The minimum absolute atomic E-state index is 0.601. The van der Waals surface area contributed by atoms with Crippen molar-refractivity contribution >= 4 is 0 Å². The molecule has 1 aliphatic heterocycles. The van der Waals surface area contributed by atoms with E-state index in [1.807, 2.05) is 12.4 Å². The van der Waals surface area contributed by atoms with Crippen LogP contribution in [0.15, 0.2) is 18.7 Å². The second kappa shape index (κ2) is 4.48. The Morgan fingerprint density at radius 1 is 1.50 bits per heavy atom. The molecule has 0 radical (unpaired) electrons. The van der Waals surface area contributed by atoms with Gasteiger partial charge in [0.05, 0.1) is 0 Å². The van der Waals surface area contributed by atoms with Crippen LogP contribution in [0, 0.1) is 0 Å². The molecule has 1 saturated heterocycles. The van der Waals surface area contributed by atoms with Crippen molar-refractivity contribution < 1.29 is 0 Å². The molecule has 4 nitrogen and oxygen atoms in total. The summed E-state index contributed by atoms with van der Waals surface area (Å²) in [5, 5.41) is 3.38. The van der Waals surface area contributed by atoms with E-state index >= 15 is 0 Å². The first-order valence-corrected chi connectivity index (χ1v) is 5.05. The summed E-state index contributed by atoms with van der Waals surface area (Å²) in [6.07, 6.45) is 5.36. The molecule has 1 N–H and O–H groups in total. The number of hydrogen-bond acceptors (Lipinski definition) is 4. The van der Waals surface area contributed by atoms with E-state index in [4.69, 9.17) is 0 Å². The van der Waals surface area contributed by atoms with Gasteiger partial charge in [0, 0.05) is 50.2 Å². The van der Waals surface area contributed by atoms with Crippen LogP contribution in [0.5, 0.6) is 0 Å². The summed E-state index contributed by atoms with van der Waals surface area (Å²) in [6, 6.07) is 0.601. The van der Waals surface area contributed by atoms with Crippen LogP contribution in [0.25, 0.3) is 0 Å². The number of nitrogens with one attached hydrogen (secondary N) is 1. The van der Waals surface area contributed by atoms with Crippen LogP contribution in [0.3, 0.4) is 0 Å². The fourth-order valence-electron chi connectivity index (χ4n) is 1.76. The second-order valence-electron chi connectivity index (χ2n) is 3.77. The molecule has 0 aliphatic carbocycles. The molecule has 0 aromatic carbocycles. The molecule has 0 amide bonds. The van der Waals surface area contributed by atoms with E-state index in [2.05, 4.69) is 27.1 Å². The van der Waals surface area contributed by atoms with Gasteiger partial charge in [-0.2, -0.15) is 0 Å². The van der Waals surface area contributed by atoms with E-state index in [9.17, 15) is 0 Å². The third-order valence-corrected chi connectivity index (χ3v) is 2.64. The Balaban J connectivity index is 1.96. The average Bonchev–Trinajstić information content (AvgIpc) is 2.23. The topological polar surface area (TPSA) is 41.0 Å². The molecule has 1 atom stereocenters. The number of hydrogen-bond donors (Lipinski definition) is 1. The largest absolute Gasteiger partial charge is 0.314 e. The molecule has 0 spiro atoms. The highest BCUT2D eigenvalue weighted by Gasteiger charge is 2.17. The monoisotopic (exact) mass is 192 g/mol. The quantitative estimate of drug-likeness (QED) is 0.730.